The van der Waals surface area contributed by atoms with Crippen molar-refractivity contribution in [2.24, 2.45) is 0 Å². The first-order valence-corrected chi connectivity index (χ1v) is 6.66. The van der Waals surface area contributed by atoms with Crippen molar-refractivity contribution in [1.29, 1.82) is 0 Å². The van der Waals surface area contributed by atoms with E-state index in [0.29, 0.717) is 6.42 Å². The average molecular weight is 274 g/mol. The highest BCUT2D eigenvalue weighted by molar-refractivity contribution is 8.01. The zero-order chi connectivity index (χ0) is 13.2. The summed E-state index contributed by atoms with van der Waals surface area (Å²) < 4.78 is 37.1. The minimum atomic E-state index is -4.33. The molecule has 0 radical (unpaired) electrons. The summed E-state index contributed by atoms with van der Waals surface area (Å²) in [6.07, 6.45) is 1.18. The molecule has 1 aromatic rings. The van der Waals surface area contributed by atoms with Crippen LogP contribution in [-0.2, 0) is 4.79 Å². The summed E-state index contributed by atoms with van der Waals surface area (Å²) in [7, 11) is 0. The molecule has 5 heteroatoms. The van der Waals surface area contributed by atoms with E-state index < -0.39 is 10.8 Å². The average Bonchev–Trinajstić information content (AvgIpc) is 2.31. The molecule has 1 saturated carbocycles. The Morgan fingerprint density at radius 3 is 2.44 bits per heavy atom. The van der Waals surface area contributed by atoms with E-state index in [1.54, 1.807) is 0 Å². The van der Waals surface area contributed by atoms with Gasteiger partial charge in [0.05, 0.1) is 5.25 Å². The number of carbonyl (C=O) groups is 1. The molecular weight excluding hydrogens is 261 g/mol. The van der Waals surface area contributed by atoms with Gasteiger partial charge in [0.2, 0.25) is 0 Å². The van der Waals surface area contributed by atoms with Gasteiger partial charge in [0, 0.05) is 6.42 Å². The summed E-state index contributed by atoms with van der Waals surface area (Å²) >= 11 is -0.165. The number of thioether (sulfide) groups is 1. The molecule has 0 N–H and O–H groups in total. The molecule has 2 rings (SSSR count). The number of hydrogen-bond donors (Lipinski definition) is 0. The Hall–Kier alpha value is -0.970. The van der Waals surface area contributed by atoms with Crippen molar-refractivity contribution in [2.75, 3.05) is 0 Å². The van der Waals surface area contributed by atoms with E-state index in [9.17, 15) is 18.0 Å². The number of carbonyl (C=O) groups excluding carboxylic acids is 1. The normalized spacial score (nSPS) is 25.2. The van der Waals surface area contributed by atoms with E-state index in [2.05, 4.69) is 0 Å². The molecule has 0 heterocycles. The highest BCUT2D eigenvalue weighted by Crippen LogP contribution is 2.42. The number of rotatable bonds is 2. The van der Waals surface area contributed by atoms with Gasteiger partial charge < -0.3 is 0 Å². The van der Waals surface area contributed by atoms with Gasteiger partial charge in [-0.2, -0.15) is 13.2 Å². The van der Waals surface area contributed by atoms with Crippen LogP contribution in [0.15, 0.2) is 30.3 Å². The fraction of sp³-hybridized carbons (Fsp3) is 0.462. The molecule has 1 aliphatic rings. The van der Waals surface area contributed by atoms with E-state index in [4.69, 9.17) is 0 Å². The standard InChI is InChI=1S/C13H13F3OS/c14-13(15,16)18-12-8-10(6-7-11(12)17)9-4-2-1-3-5-9/h1-5,10,12H,6-8H2/t10-,12-/m0/s1. The molecule has 0 saturated heterocycles. The Bertz CT molecular complexity index is 416. The molecule has 1 aromatic carbocycles. The summed E-state index contributed by atoms with van der Waals surface area (Å²) in [4.78, 5) is 11.5. The van der Waals surface area contributed by atoms with Gasteiger partial charge in [-0.25, -0.2) is 0 Å². The third-order valence-corrected chi connectivity index (χ3v) is 4.15. The van der Waals surface area contributed by atoms with Crippen molar-refractivity contribution in [3.05, 3.63) is 35.9 Å². The van der Waals surface area contributed by atoms with Gasteiger partial charge in [-0.15, -0.1) is 0 Å². The molecule has 1 aliphatic carbocycles. The SMILES string of the molecule is O=C1CC[C@H](c2ccccc2)C[C@@H]1SC(F)(F)F. The van der Waals surface area contributed by atoms with Gasteiger partial charge in [-0.1, -0.05) is 30.3 Å². The topological polar surface area (TPSA) is 17.1 Å². The van der Waals surface area contributed by atoms with Crippen LogP contribution in [-0.4, -0.2) is 16.5 Å². The monoisotopic (exact) mass is 274 g/mol. The van der Waals surface area contributed by atoms with Gasteiger partial charge in [-0.3, -0.25) is 4.79 Å². The van der Waals surface area contributed by atoms with Gasteiger partial charge in [0.25, 0.3) is 0 Å². The predicted molar refractivity (Wildman–Crippen MR) is 65.5 cm³/mol. The van der Waals surface area contributed by atoms with Crippen molar-refractivity contribution in [2.45, 2.75) is 35.9 Å². The van der Waals surface area contributed by atoms with E-state index >= 15 is 0 Å². The summed E-state index contributed by atoms with van der Waals surface area (Å²) in [5.41, 5.74) is -3.31. The van der Waals surface area contributed by atoms with Crippen LogP contribution in [0.25, 0.3) is 0 Å². The molecule has 98 valence electrons. The first-order valence-electron chi connectivity index (χ1n) is 5.78. The number of Topliss-reactive ketones (excluding diaryl/α,β-unsaturated/α-hetero) is 1. The van der Waals surface area contributed by atoms with Crippen LogP contribution in [0.4, 0.5) is 13.2 Å². The van der Waals surface area contributed by atoms with Gasteiger partial charge in [0.1, 0.15) is 5.78 Å². The fourth-order valence-electron chi connectivity index (χ4n) is 2.29. The van der Waals surface area contributed by atoms with E-state index in [-0.39, 0.29) is 36.3 Å². The summed E-state index contributed by atoms with van der Waals surface area (Å²) in [5, 5.41) is -0.941. The van der Waals surface area contributed by atoms with E-state index in [1.807, 2.05) is 30.3 Å². The Morgan fingerprint density at radius 2 is 1.83 bits per heavy atom. The Kier molecular flexibility index (Phi) is 4.00. The molecule has 1 nitrogen and oxygen atoms in total. The van der Waals surface area contributed by atoms with Crippen LogP contribution in [0.5, 0.6) is 0 Å². The lowest BCUT2D eigenvalue weighted by molar-refractivity contribution is -0.120. The summed E-state index contributed by atoms with van der Waals surface area (Å²) in [6, 6.07) is 9.44. The molecule has 2 atom stereocenters. The predicted octanol–water partition coefficient (Wildman–Crippen LogP) is 4.14. The molecule has 0 bridgehead atoms. The van der Waals surface area contributed by atoms with Crippen molar-refractivity contribution in [3.8, 4) is 0 Å². The zero-order valence-electron chi connectivity index (χ0n) is 9.61. The third kappa shape index (κ3) is 3.51. The second-order valence-electron chi connectivity index (χ2n) is 4.40. The lowest BCUT2D eigenvalue weighted by Crippen LogP contribution is -2.28. The molecule has 0 amide bonds. The molecular formula is C13H13F3OS. The number of halogens is 3. The molecule has 1 fully saturated rings. The van der Waals surface area contributed by atoms with E-state index in [1.165, 1.54) is 0 Å². The highest BCUT2D eigenvalue weighted by atomic mass is 32.2. The Balaban J connectivity index is 2.07. The van der Waals surface area contributed by atoms with Gasteiger partial charge in [0.15, 0.2) is 0 Å². The Labute approximate surface area is 108 Å². The minimum Gasteiger partial charge on any atom is -0.298 e. The molecule has 0 unspecified atom stereocenters. The maximum Gasteiger partial charge on any atom is 0.442 e. The zero-order valence-corrected chi connectivity index (χ0v) is 10.4. The summed E-state index contributed by atoms with van der Waals surface area (Å²) in [5.74, 6) is -0.215. The molecule has 0 spiro atoms. The summed E-state index contributed by atoms with van der Waals surface area (Å²) in [6.45, 7) is 0. The maximum atomic E-state index is 12.4. The molecule has 0 aliphatic heterocycles. The van der Waals surface area contributed by atoms with E-state index in [0.717, 1.165) is 5.56 Å². The molecule has 18 heavy (non-hydrogen) atoms. The van der Waals surface area contributed by atoms with Crippen molar-refractivity contribution in [3.63, 3.8) is 0 Å². The van der Waals surface area contributed by atoms with Crippen LogP contribution >= 0.6 is 11.8 Å². The molecule has 0 aromatic heterocycles. The Morgan fingerprint density at radius 1 is 1.17 bits per heavy atom. The number of alkyl halides is 3. The quantitative estimate of drug-likeness (QED) is 0.806. The van der Waals surface area contributed by atoms with Gasteiger partial charge >= 0.3 is 5.51 Å². The first-order chi connectivity index (χ1) is 8.46. The number of benzene rings is 1. The van der Waals surface area contributed by atoms with Crippen LogP contribution in [0.2, 0.25) is 0 Å². The number of hydrogen-bond acceptors (Lipinski definition) is 2. The largest absolute Gasteiger partial charge is 0.442 e. The van der Waals surface area contributed by atoms with Crippen molar-refractivity contribution < 1.29 is 18.0 Å². The van der Waals surface area contributed by atoms with Crippen LogP contribution in [0.1, 0.15) is 30.7 Å². The van der Waals surface area contributed by atoms with Crippen LogP contribution in [0, 0.1) is 0 Å². The minimum absolute atomic E-state index is 0.0590. The number of ketones is 1. The smallest absolute Gasteiger partial charge is 0.298 e. The van der Waals surface area contributed by atoms with Crippen molar-refractivity contribution in [1.82, 2.24) is 0 Å². The fourth-order valence-corrected chi connectivity index (χ4v) is 3.19. The van der Waals surface area contributed by atoms with Crippen LogP contribution < -0.4 is 0 Å². The van der Waals surface area contributed by atoms with Crippen molar-refractivity contribution >= 4 is 17.5 Å². The second kappa shape index (κ2) is 5.34. The second-order valence-corrected chi connectivity index (χ2v) is 5.67. The van der Waals surface area contributed by atoms with Crippen LogP contribution in [0.3, 0.4) is 0 Å². The van der Waals surface area contributed by atoms with Gasteiger partial charge in [-0.05, 0) is 36.1 Å². The highest BCUT2D eigenvalue weighted by Gasteiger charge is 2.39. The lowest BCUT2D eigenvalue weighted by atomic mass is 9.83. The first kappa shape index (κ1) is 13.5. The third-order valence-electron chi connectivity index (χ3n) is 3.14. The lowest BCUT2D eigenvalue weighted by Gasteiger charge is -2.28. The maximum absolute atomic E-state index is 12.4.